The lowest BCUT2D eigenvalue weighted by Gasteiger charge is -2.14. The lowest BCUT2D eigenvalue weighted by atomic mass is 10.1. The monoisotopic (exact) mass is 385 g/mol. The molecule has 0 aliphatic rings. The topological polar surface area (TPSA) is 92.3 Å². The lowest BCUT2D eigenvalue weighted by Crippen LogP contribution is -2.09. The fraction of sp³-hybridized carbons (Fsp3) is 0.0952. The van der Waals surface area contributed by atoms with Gasteiger partial charge < -0.3 is 5.32 Å². The summed E-state index contributed by atoms with van der Waals surface area (Å²) in [4.78, 5) is 17.6. The van der Waals surface area contributed by atoms with E-state index in [1.54, 1.807) is 18.5 Å². The van der Waals surface area contributed by atoms with Gasteiger partial charge in [0.1, 0.15) is 12.1 Å². The number of nitrogens with zero attached hydrogens (tertiary/aromatic N) is 5. The molecule has 0 radical (unpaired) electrons. The molecular formula is C21H16FN7. The summed E-state index contributed by atoms with van der Waals surface area (Å²) < 4.78 is 13.5. The van der Waals surface area contributed by atoms with E-state index < -0.39 is 0 Å². The van der Waals surface area contributed by atoms with E-state index in [-0.39, 0.29) is 11.9 Å². The van der Waals surface area contributed by atoms with Crippen molar-refractivity contribution >= 4 is 27.9 Å². The number of rotatable bonds is 4. The number of hydrogen-bond acceptors (Lipinski definition) is 6. The maximum absolute atomic E-state index is 13.5. The molecule has 0 amide bonds. The molecule has 0 saturated heterocycles. The van der Waals surface area contributed by atoms with E-state index in [2.05, 4.69) is 35.5 Å². The van der Waals surface area contributed by atoms with Crippen molar-refractivity contribution in [3.63, 3.8) is 0 Å². The van der Waals surface area contributed by atoms with Crippen LogP contribution < -0.4 is 5.32 Å². The van der Waals surface area contributed by atoms with Gasteiger partial charge in [0.15, 0.2) is 5.65 Å². The third-order valence-electron chi connectivity index (χ3n) is 4.80. The first-order valence-corrected chi connectivity index (χ1v) is 9.10. The minimum atomic E-state index is -0.264. The van der Waals surface area contributed by atoms with Crippen LogP contribution in [-0.4, -0.2) is 30.1 Å². The smallest absolute Gasteiger partial charge is 0.223 e. The van der Waals surface area contributed by atoms with E-state index in [0.717, 1.165) is 33.1 Å². The van der Waals surface area contributed by atoms with Crippen LogP contribution in [0.4, 0.5) is 10.3 Å². The zero-order chi connectivity index (χ0) is 19.8. The van der Waals surface area contributed by atoms with E-state index >= 15 is 0 Å². The van der Waals surface area contributed by atoms with Crippen molar-refractivity contribution in [2.75, 3.05) is 5.32 Å². The van der Waals surface area contributed by atoms with Crippen molar-refractivity contribution in [2.45, 2.75) is 13.0 Å². The van der Waals surface area contributed by atoms with Gasteiger partial charge >= 0.3 is 0 Å². The highest BCUT2D eigenvalue weighted by molar-refractivity contribution is 5.93. The first-order valence-electron chi connectivity index (χ1n) is 9.10. The molecule has 0 fully saturated rings. The molecule has 0 aliphatic carbocycles. The molecule has 2 aromatic carbocycles. The van der Waals surface area contributed by atoms with Crippen LogP contribution in [0.1, 0.15) is 18.5 Å². The Balaban J connectivity index is 1.46. The molecule has 2 N–H and O–H groups in total. The number of aromatic amines is 1. The fourth-order valence-electron chi connectivity index (χ4n) is 3.30. The highest BCUT2D eigenvalue weighted by atomic mass is 19.1. The third-order valence-corrected chi connectivity index (χ3v) is 4.80. The van der Waals surface area contributed by atoms with E-state index in [4.69, 9.17) is 0 Å². The summed E-state index contributed by atoms with van der Waals surface area (Å²) in [6.07, 6.45) is 4.99. The maximum Gasteiger partial charge on any atom is 0.223 e. The quantitative estimate of drug-likeness (QED) is 0.480. The normalized spacial score (nSPS) is 12.3. The minimum Gasteiger partial charge on any atom is -0.348 e. The minimum absolute atomic E-state index is 0.127. The Morgan fingerprint density at radius 3 is 2.86 bits per heavy atom. The Morgan fingerprint density at radius 2 is 1.97 bits per heavy atom. The predicted octanol–water partition coefficient (Wildman–Crippen LogP) is 4.28. The molecule has 0 spiro atoms. The van der Waals surface area contributed by atoms with Gasteiger partial charge in [-0.1, -0.05) is 18.2 Å². The average molecular weight is 385 g/mol. The summed E-state index contributed by atoms with van der Waals surface area (Å²) >= 11 is 0. The van der Waals surface area contributed by atoms with Gasteiger partial charge in [-0.25, -0.2) is 24.3 Å². The predicted molar refractivity (Wildman–Crippen MR) is 109 cm³/mol. The van der Waals surface area contributed by atoms with Gasteiger partial charge in [0.25, 0.3) is 0 Å². The van der Waals surface area contributed by atoms with Gasteiger partial charge in [-0.3, -0.25) is 5.10 Å². The van der Waals surface area contributed by atoms with Crippen LogP contribution in [0.2, 0.25) is 0 Å². The van der Waals surface area contributed by atoms with Crippen LogP contribution in [0.3, 0.4) is 0 Å². The fourth-order valence-corrected chi connectivity index (χ4v) is 3.30. The number of H-pyrrole nitrogens is 1. The van der Waals surface area contributed by atoms with Crippen LogP contribution >= 0.6 is 0 Å². The summed E-state index contributed by atoms with van der Waals surface area (Å²) in [6.45, 7) is 1.94. The molecule has 29 heavy (non-hydrogen) atoms. The summed E-state index contributed by atoms with van der Waals surface area (Å²) in [7, 11) is 0. The summed E-state index contributed by atoms with van der Waals surface area (Å²) in [5, 5.41) is 11.9. The number of benzene rings is 2. The summed E-state index contributed by atoms with van der Waals surface area (Å²) in [5.74, 6) is 0.223. The van der Waals surface area contributed by atoms with Crippen molar-refractivity contribution in [3.05, 3.63) is 72.6 Å². The summed E-state index contributed by atoms with van der Waals surface area (Å²) in [5.41, 5.74) is 4.06. The SMILES string of the molecule is CC(Nc1ncc2cc(-c3ncnc4[nH]ncc34)ccc2n1)c1cccc(F)c1. The van der Waals surface area contributed by atoms with Crippen LogP contribution in [0, 0.1) is 5.82 Å². The molecule has 7 nitrogen and oxygen atoms in total. The van der Waals surface area contributed by atoms with E-state index in [1.807, 2.05) is 31.2 Å². The van der Waals surface area contributed by atoms with Gasteiger partial charge in [-0.15, -0.1) is 0 Å². The van der Waals surface area contributed by atoms with Gasteiger partial charge in [-0.2, -0.15) is 5.10 Å². The average Bonchev–Trinajstić information content (AvgIpc) is 3.22. The maximum atomic E-state index is 13.5. The number of fused-ring (bicyclic) bond motifs is 2. The van der Waals surface area contributed by atoms with Crippen LogP contribution in [-0.2, 0) is 0 Å². The van der Waals surface area contributed by atoms with Crippen molar-refractivity contribution in [2.24, 2.45) is 0 Å². The molecular weight excluding hydrogens is 369 g/mol. The molecule has 0 bridgehead atoms. The van der Waals surface area contributed by atoms with E-state index in [9.17, 15) is 4.39 Å². The molecule has 142 valence electrons. The van der Waals surface area contributed by atoms with Crippen molar-refractivity contribution < 1.29 is 4.39 Å². The third kappa shape index (κ3) is 3.25. The first-order chi connectivity index (χ1) is 14.2. The lowest BCUT2D eigenvalue weighted by molar-refractivity contribution is 0.623. The molecule has 0 aliphatic heterocycles. The van der Waals surface area contributed by atoms with Gasteiger partial charge in [0, 0.05) is 17.1 Å². The number of aromatic nitrogens is 6. The van der Waals surface area contributed by atoms with Crippen molar-refractivity contribution in [1.82, 2.24) is 30.1 Å². The Hall–Kier alpha value is -3.94. The Morgan fingerprint density at radius 1 is 1.03 bits per heavy atom. The number of anilines is 1. The molecule has 5 aromatic rings. The molecule has 0 saturated carbocycles. The second kappa shape index (κ2) is 6.90. The van der Waals surface area contributed by atoms with Crippen LogP contribution in [0.25, 0.3) is 33.2 Å². The largest absolute Gasteiger partial charge is 0.348 e. The number of halogens is 1. The zero-order valence-corrected chi connectivity index (χ0v) is 15.5. The summed E-state index contributed by atoms with van der Waals surface area (Å²) in [6, 6.07) is 12.2. The van der Waals surface area contributed by atoms with E-state index in [1.165, 1.54) is 18.5 Å². The highest BCUT2D eigenvalue weighted by Gasteiger charge is 2.11. The highest BCUT2D eigenvalue weighted by Crippen LogP contribution is 2.27. The standard InChI is InChI=1S/C21H16FN7/c1-12(13-3-2-4-16(22)8-13)27-21-23-9-15-7-14(5-6-18(15)28-21)19-17-10-26-29-20(17)25-11-24-19/h2-12H,1H3,(H,23,27,28)(H,24,25,26,29). The van der Waals surface area contributed by atoms with Crippen LogP contribution in [0.5, 0.6) is 0 Å². The number of hydrogen-bond donors (Lipinski definition) is 2. The van der Waals surface area contributed by atoms with Crippen LogP contribution in [0.15, 0.2) is 61.2 Å². The van der Waals surface area contributed by atoms with Crippen molar-refractivity contribution in [1.29, 1.82) is 0 Å². The molecule has 3 heterocycles. The second-order valence-electron chi connectivity index (χ2n) is 6.74. The van der Waals surface area contributed by atoms with Gasteiger partial charge in [-0.05, 0) is 36.8 Å². The molecule has 1 atom stereocenters. The molecule has 3 aromatic heterocycles. The van der Waals surface area contributed by atoms with Crippen molar-refractivity contribution in [3.8, 4) is 11.3 Å². The Bertz CT molecular complexity index is 1330. The van der Waals surface area contributed by atoms with Gasteiger partial charge in [0.2, 0.25) is 5.95 Å². The second-order valence-corrected chi connectivity index (χ2v) is 6.74. The molecule has 5 rings (SSSR count). The molecule has 8 heteroatoms. The van der Waals surface area contributed by atoms with Gasteiger partial charge in [0.05, 0.1) is 28.8 Å². The zero-order valence-electron chi connectivity index (χ0n) is 15.5. The molecule has 1 unspecified atom stereocenters. The van der Waals surface area contributed by atoms with E-state index in [0.29, 0.717) is 11.6 Å². The Labute approximate surface area is 165 Å². The Kier molecular flexibility index (Phi) is 4.09. The number of nitrogens with one attached hydrogen (secondary N) is 2. The first kappa shape index (κ1) is 17.2.